The molecule has 1 saturated heterocycles. The number of rotatable bonds is 3. The maximum Gasteiger partial charge on any atom is 0.243 e. The van der Waals surface area contributed by atoms with Crippen LogP contribution in [0.25, 0.3) is 0 Å². The lowest BCUT2D eigenvalue weighted by atomic mass is 10.2. The first kappa shape index (κ1) is 13.5. The summed E-state index contributed by atoms with van der Waals surface area (Å²) in [6.07, 6.45) is 0. The Morgan fingerprint density at radius 1 is 1.50 bits per heavy atom. The van der Waals surface area contributed by atoms with E-state index in [1.807, 2.05) is 13.0 Å². The van der Waals surface area contributed by atoms with Gasteiger partial charge in [0, 0.05) is 6.54 Å². The SMILES string of the molecule is Cc1cccc(S(=O)(=O)N2CCOCC2CO)c1. The number of aryl methyl sites for hydroxylation is 1. The summed E-state index contributed by atoms with van der Waals surface area (Å²) in [5, 5.41) is 9.24. The minimum absolute atomic E-state index is 0.231. The molecule has 18 heavy (non-hydrogen) atoms. The highest BCUT2D eigenvalue weighted by molar-refractivity contribution is 7.89. The van der Waals surface area contributed by atoms with Gasteiger partial charge in [0.1, 0.15) is 0 Å². The highest BCUT2D eigenvalue weighted by atomic mass is 32.2. The van der Waals surface area contributed by atoms with Crippen molar-refractivity contribution in [2.75, 3.05) is 26.4 Å². The Labute approximate surface area is 107 Å². The van der Waals surface area contributed by atoms with Crippen LogP contribution in [0.2, 0.25) is 0 Å². The molecule has 1 aromatic carbocycles. The minimum Gasteiger partial charge on any atom is -0.395 e. The van der Waals surface area contributed by atoms with E-state index in [1.165, 1.54) is 4.31 Å². The van der Waals surface area contributed by atoms with Gasteiger partial charge in [-0.05, 0) is 24.6 Å². The maximum absolute atomic E-state index is 12.5. The molecule has 1 fully saturated rings. The Kier molecular flexibility index (Phi) is 4.01. The number of nitrogens with zero attached hydrogens (tertiary/aromatic N) is 1. The summed E-state index contributed by atoms with van der Waals surface area (Å²) in [6, 6.07) is 6.29. The molecule has 1 atom stereocenters. The summed E-state index contributed by atoms with van der Waals surface area (Å²) in [5.74, 6) is 0. The second kappa shape index (κ2) is 5.36. The topological polar surface area (TPSA) is 66.8 Å². The van der Waals surface area contributed by atoms with E-state index < -0.39 is 16.1 Å². The van der Waals surface area contributed by atoms with Gasteiger partial charge in [0.05, 0.1) is 30.8 Å². The second-order valence-corrected chi connectivity index (χ2v) is 6.23. The smallest absolute Gasteiger partial charge is 0.243 e. The molecule has 1 heterocycles. The lowest BCUT2D eigenvalue weighted by molar-refractivity contribution is 0.0109. The number of morpholine rings is 1. The molecular formula is C12H17NO4S. The van der Waals surface area contributed by atoms with Crippen molar-refractivity contribution in [1.29, 1.82) is 0 Å². The van der Waals surface area contributed by atoms with Crippen molar-refractivity contribution in [3.63, 3.8) is 0 Å². The van der Waals surface area contributed by atoms with Crippen molar-refractivity contribution in [3.8, 4) is 0 Å². The van der Waals surface area contributed by atoms with Crippen LogP contribution in [-0.4, -0.2) is 50.2 Å². The number of ether oxygens (including phenoxy) is 1. The van der Waals surface area contributed by atoms with E-state index in [-0.39, 0.29) is 24.7 Å². The van der Waals surface area contributed by atoms with Crippen LogP contribution in [0.3, 0.4) is 0 Å². The number of sulfonamides is 1. The molecule has 1 aliphatic rings. The molecule has 6 heteroatoms. The predicted octanol–water partition coefficient (Wildman–Crippen LogP) is 0.377. The average Bonchev–Trinajstić information content (AvgIpc) is 2.38. The van der Waals surface area contributed by atoms with Gasteiger partial charge in [-0.15, -0.1) is 0 Å². The van der Waals surface area contributed by atoms with E-state index in [1.54, 1.807) is 18.2 Å². The summed E-state index contributed by atoms with van der Waals surface area (Å²) >= 11 is 0. The molecule has 1 aliphatic heterocycles. The van der Waals surface area contributed by atoms with Gasteiger partial charge in [-0.25, -0.2) is 8.42 Å². The van der Waals surface area contributed by atoms with Crippen LogP contribution in [0.15, 0.2) is 29.2 Å². The normalized spacial score (nSPS) is 22.0. The second-order valence-electron chi connectivity index (χ2n) is 4.34. The molecule has 100 valence electrons. The Hall–Kier alpha value is -0.950. The molecule has 1 aromatic rings. The van der Waals surface area contributed by atoms with Crippen LogP contribution in [0.1, 0.15) is 5.56 Å². The van der Waals surface area contributed by atoms with Crippen molar-refractivity contribution in [2.45, 2.75) is 17.9 Å². The Bertz CT molecular complexity index is 515. The Morgan fingerprint density at radius 2 is 2.28 bits per heavy atom. The van der Waals surface area contributed by atoms with Crippen molar-refractivity contribution in [1.82, 2.24) is 4.31 Å². The van der Waals surface area contributed by atoms with Gasteiger partial charge < -0.3 is 9.84 Å². The van der Waals surface area contributed by atoms with E-state index in [4.69, 9.17) is 4.74 Å². The number of aliphatic hydroxyl groups excluding tert-OH is 1. The number of hydrogen-bond acceptors (Lipinski definition) is 4. The Balaban J connectivity index is 2.35. The molecule has 0 amide bonds. The van der Waals surface area contributed by atoms with Gasteiger partial charge in [0.15, 0.2) is 0 Å². The van der Waals surface area contributed by atoms with Crippen LogP contribution in [0.4, 0.5) is 0 Å². The van der Waals surface area contributed by atoms with Gasteiger partial charge in [-0.1, -0.05) is 12.1 Å². The zero-order valence-corrected chi connectivity index (χ0v) is 11.1. The van der Waals surface area contributed by atoms with Gasteiger partial charge in [-0.2, -0.15) is 4.31 Å². The zero-order valence-electron chi connectivity index (χ0n) is 10.2. The van der Waals surface area contributed by atoms with Crippen molar-refractivity contribution in [2.24, 2.45) is 0 Å². The molecule has 1 unspecified atom stereocenters. The van der Waals surface area contributed by atoms with E-state index in [0.717, 1.165) is 5.56 Å². The molecule has 2 rings (SSSR count). The predicted molar refractivity (Wildman–Crippen MR) is 66.8 cm³/mol. The molecule has 0 spiro atoms. The molecule has 0 aliphatic carbocycles. The first-order chi connectivity index (χ1) is 8.55. The molecule has 0 saturated carbocycles. The lowest BCUT2D eigenvalue weighted by Crippen LogP contribution is -2.50. The highest BCUT2D eigenvalue weighted by Gasteiger charge is 2.33. The summed E-state index contributed by atoms with van der Waals surface area (Å²) in [7, 11) is -3.55. The van der Waals surface area contributed by atoms with Gasteiger partial charge in [0.2, 0.25) is 10.0 Å². The van der Waals surface area contributed by atoms with E-state index in [0.29, 0.717) is 6.61 Å². The standard InChI is InChI=1S/C12H17NO4S/c1-10-3-2-4-12(7-10)18(15,16)13-5-6-17-9-11(13)8-14/h2-4,7,11,14H,5-6,8-9H2,1H3. The van der Waals surface area contributed by atoms with Crippen LogP contribution in [-0.2, 0) is 14.8 Å². The van der Waals surface area contributed by atoms with Gasteiger partial charge in [-0.3, -0.25) is 0 Å². The zero-order chi connectivity index (χ0) is 13.2. The maximum atomic E-state index is 12.5. The quantitative estimate of drug-likeness (QED) is 0.863. The van der Waals surface area contributed by atoms with Crippen molar-refractivity contribution < 1.29 is 18.3 Å². The van der Waals surface area contributed by atoms with Crippen LogP contribution in [0.5, 0.6) is 0 Å². The molecule has 0 aromatic heterocycles. The van der Waals surface area contributed by atoms with Crippen molar-refractivity contribution in [3.05, 3.63) is 29.8 Å². The molecular weight excluding hydrogens is 254 g/mol. The van der Waals surface area contributed by atoms with Crippen LogP contribution >= 0.6 is 0 Å². The van der Waals surface area contributed by atoms with Gasteiger partial charge >= 0.3 is 0 Å². The van der Waals surface area contributed by atoms with Crippen LogP contribution in [0, 0.1) is 6.92 Å². The summed E-state index contributed by atoms with van der Waals surface area (Å²) in [6.45, 7) is 2.50. The summed E-state index contributed by atoms with van der Waals surface area (Å²) < 4.78 is 31.5. The lowest BCUT2D eigenvalue weighted by Gasteiger charge is -2.33. The third-order valence-electron chi connectivity index (χ3n) is 2.98. The highest BCUT2D eigenvalue weighted by Crippen LogP contribution is 2.21. The summed E-state index contributed by atoms with van der Waals surface area (Å²) in [5.41, 5.74) is 0.893. The van der Waals surface area contributed by atoms with E-state index in [9.17, 15) is 13.5 Å². The van der Waals surface area contributed by atoms with Crippen molar-refractivity contribution >= 4 is 10.0 Å². The molecule has 5 nitrogen and oxygen atoms in total. The number of benzene rings is 1. The first-order valence-corrected chi connectivity index (χ1v) is 7.27. The summed E-state index contributed by atoms with van der Waals surface area (Å²) in [4.78, 5) is 0.267. The Morgan fingerprint density at radius 3 is 2.94 bits per heavy atom. The monoisotopic (exact) mass is 271 g/mol. The average molecular weight is 271 g/mol. The molecule has 1 N–H and O–H groups in total. The molecule has 0 radical (unpaired) electrons. The fourth-order valence-electron chi connectivity index (χ4n) is 2.01. The van der Waals surface area contributed by atoms with Crippen LogP contribution < -0.4 is 0 Å². The van der Waals surface area contributed by atoms with E-state index >= 15 is 0 Å². The minimum atomic E-state index is -3.55. The first-order valence-electron chi connectivity index (χ1n) is 5.83. The van der Waals surface area contributed by atoms with E-state index in [2.05, 4.69) is 0 Å². The fourth-order valence-corrected chi connectivity index (χ4v) is 3.70. The number of hydrogen-bond donors (Lipinski definition) is 1. The fraction of sp³-hybridized carbons (Fsp3) is 0.500. The largest absolute Gasteiger partial charge is 0.395 e. The third-order valence-corrected chi connectivity index (χ3v) is 4.93. The molecule has 0 bridgehead atoms. The number of aliphatic hydroxyl groups is 1. The third kappa shape index (κ3) is 2.56. The van der Waals surface area contributed by atoms with Gasteiger partial charge in [0.25, 0.3) is 0 Å².